The first-order valence-electron chi connectivity index (χ1n) is 8.98. The van der Waals surface area contributed by atoms with Crippen molar-refractivity contribution in [2.75, 3.05) is 13.1 Å². The molecule has 0 aliphatic carbocycles. The number of carbonyl (C=O) groups is 2. The summed E-state index contributed by atoms with van der Waals surface area (Å²) in [6.07, 6.45) is 0. The van der Waals surface area contributed by atoms with Gasteiger partial charge in [-0.1, -0.05) is 37.1 Å². The second-order valence-corrected chi connectivity index (χ2v) is 8.34. The van der Waals surface area contributed by atoms with Crippen molar-refractivity contribution in [1.82, 2.24) is 15.2 Å². The summed E-state index contributed by atoms with van der Waals surface area (Å²) in [5.41, 5.74) is 7.11. The number of hydrazine groups is 1. The minimum Gasteiger partial charge on any atom is -0.267 e. The van der Waals surface area contributed by atoms with Crippen LogP contribution in [-0.4, -0.2) is 37.6 Å². The largest absolute Gasteiger partial charge is 0.269 e. The standard InChI is InChI=1S/C20H25N3O4S/c1-5-23(6-2)28(26,27)18-9-7-8-16(13-18)19(24)21-22-20(25)17-11-14(3)10-15(4)12-17/h7-13H,5-6H2,1-4H3,(H,21,24)(H,22,25). The Bertz CT molecular complexity index is 962. The minimum atomic E-state index is -3.68. The van der Waals surface area contributed by atoms with E-state index in [9.17, 15) is 18.0 Å². The Hall–Kier alpha value is -2.71. The van der Waals surface area contributed by atoms with E-state index in [0.29, 0.717) is 18.7 Å². The van der Waals surface area contributed by atoms with Crippen molar-refractivity contribution in [3.05, 3.63) is 64.7 Å². The molecule has 0 unspecified atom stereocenters. The second-order valence-electron chi connectivity index (χ2n) is 6.40. The normalized spacial score (nSPS) is 11.3. The van der Waals surface area contributed by atoms with Gasteiger partial charge >= 0.3 is 0 Å². The van der Waals surface area contributed by atoms with E-state index in [2.05, 4.69) is 10.9 Å². The van der Waals surface area contributed by atoms with Crippen molar-refractivity contribution in [2.45, 2.75) is 32.6 Å². The molecule has 2 aromatic carbocycles. The second kappa shape index (κ2) is 8.99. The predicted molar refractivity (Wildman–Crippen MR) is 107 cm³/mol. The minimum absolute atomic E-state index is 0.0319. The molecule has 7 nitrogen and oxygen atoms in total. The van der Waals surface area contributed by atoms with E-state index >= 15 is 0 Å². The van der Waals surface area contributed by atoms with Gasteiger partial charge in [-0.25, -0.2) is 8.42 Å². The van der Waals surface area contributed by atoms with Crippen LogP contribution in [0.1, 0.15) is 45.7 Å². The van der Waals surface area contributed by atoms with Gasteiger partial charge in [0.05, 0.1) is 4.90 Å². The van der Waals surface area contributed by atoms with Crippen molar-refractivity contribution < 1.29 is 18.0 Å². The number of benzene rings is 2. The summed E-state index contributed by atoms with van der Waals surface area (Å²) in [5, 5.41) is 0. The summed E-state index contributed by atoms with van der Waals surface area (Å²) < 4.78 is 26.5. The van der Waals surface area contributed by atoms with Crippen LogP contribution in [0, 0.1) is 13.8 Å². The van der Waals surface area contributed by atoms with E-state index in [-0.39, 0.29) is 10.5 Å². The monoisotopic (exact) mass is 403 g/mol. The van der Waals surface area contributed by atoms with Crippen LogP contribution < -0.4 is 10.9 Å². The summed E-state index contributed by atoms with van der Waals surface area (Å²) in [4.78, 5) is 24.6. The molecule has 2 amide bonds. The highest BCUT2D eigenvalue weighted by Gasteiger charge is 2.22. The maximum atomic E-state index is 12.6. The summed E-state index contributed by atoms with van der Waals surface area (Å²) in [6, 6.07) is 11.1. The lowest BCUT2D eigenvalue weighted by molar-refractivity contribution is 0.0846. The molecule has 0 atom stereocenters. The van der Waals surface area contributed by atoms with Crippen molar-refractivity contribution in [1.29, 1.82) is 0 Å². The molecule has 28 heavy (non-hydrogen) atoms. The number of rotatable bonds is 6. The Labute approximate surface area is 165 Å². The zero-order valence-corrected chi connectivity index (χ0v) is 17.3. The Kier molecular flexibility index (Phi) is 6.93. The number of amides is 2. The van der Waals surface area contributed by atoms with Gasteiger partial charge in [-0.2, -0.15) is 4.31 Å². The van der Waals surface area contributed by atoms with E-state index < -0.39 is 21.8 Å². The van der Waals surface area contributed by atoms with E-state index in [1.165, 1.54) is 28.6 Å². The third-order valence-corrected chi connectivity index (χ3v) is 6.26. The van der Waals surface area contributed by atoms with Gasteiger partial charge in [-0.05, 0) is 44.2 Å². The number of carbonyl (C=O) groups excluding carboxylic acids is 2. The molecule has 0 saturated heterocycles. The fourth-order valence-corrected chi connectivity index (χ4v) is 4.38. The molecule has 0 aromatic heterocycles. The molecular weight excluding hydrogens is 378 g/mol. The molecular formula is C20H25N3O4S. The molecule has 0 aliphatic heterocycles. The molecule has 2 aromatic rings. The van der Waals surface area contributed by atoms with Crippen LogP contribution in [0.2, 0.25) is 0 Å². The molecule has 0 spiro atoms. The molecule has 150 valence electrons. The Balaban J connectivity index is 2.14. The van der Waals surface area contributed by atoms with Crippen molar-refractivity contribution >= 4 is 21.8 Å². The average Bonchev–Trinajstić information content (AvgIpc) is 2.66. The van der Waals surface area contributed by atoms with Gasteiger partial charge in [-0.15, -0.1) is 0 Å². The number of hydrogen-bond acceptors (Lipinski definition) is 4. The fourth-order valence-electron chi connectivity index (χ4n) is 2.87. The summed E-state index contributed by atoms with van der Waals surface area (Å²) in [7, 11) is -3.68. The van der Waals surface area contributed by atoms with Crippen molar-refractivity contribution in [2.24, 2.45) is 0 Å². The highest BCUT2D eigenvalue weighted by Crippen LogP contribution is 2.17. The number of nitrogens with one attached hydrogen (secondary N) is 2. The zero-order valence-electron chi connectivity index (χ0n) is 16.4. The van der Waals surface area contributed by atoms with E-state index in [0.717, 1.165) is 11.1 Å². The zero-order chi connectivity index (χ0) is 20.9. The quantitative estimate of drug-likeness (QED) is 0.724. The molecule has 0 bridgehead atoms. The predicted octanol–water partition coefficient (Wildman–Crippen LogP) is 2.41. The Morgan fingerprint density at radius 1 is 0.857 bits per heavy atom. The van der Waals surface area contributed by atoms with Gasteiger partial charge in [0.15, 0.2) is 0 Å². The topological polar surface area (TPSA) is 95.6 Å². The summed E-state index contributed by atoms with van der Waals surface area (Å²) in [6.45, 7) is 7.93. The van der Waals surface area contributed by atoms with Crippen LogP contribution in [0.4, 0.5) is 0 Å². The number of hydrogen-bond donors (Lipinski definition) is 2. The van der Waals surface area contributed by atoms with Gasteiger partial charge in [0, 0.05) is 24.2 Å². The number of sulfonamides is 1. The van der Waals surface area contributed by atoms with E-state index in [1.807, 2.05) is 19.9 Å². The highest BCUT2D eigenvalue weighted by atomic mass is 32.2. The first kappa shape index (κ1) is 21.6. The lowest BCUT2D eigenvalue weighted by Crippen LogP contribution is -2.41. The summed E-state index contributed by atoms with van der Waals surface area (Å²) in [5.74, 6) is -1.05. The molecule has 0 heterocycles. The van der Waals surface area contributed by atoms with Crippen LogP contribution in [0.25, 0.3) is 0 Å². The lowest BCUT2D eigenvalue weighted by Gasteiger charge is -2.18. The fraction of sp³-hybridized carbons (Fsp3) is 0.300. The summed E-state index contributed by atoms with van der Waals surface area (Å²) >= 11 is 0. The van der Waals surface area contributed by atoms with Crippen LogP contribution >= 0.6 is 0 Å². The highest BCUT2D eigenvalue weighted by molar-refractivity contribution is 7.89. The first-order valence-corrected chi connectivity index (χ1v) is 10.4. The van der Waals surface area contributed by atoms with Gasteiger partial charge in [0.1, 0.15) is 0 Å². The SMILES string of the molecule is CCN(CC)S(=O)(=O)c1cccc(C(=O)NNC(=O)c2cc(C)cc(C)c2)c1. The molecule has 2 rings (SSSR count). The van der Waals surface area contributed by atoms with Crippen molar-refractivity contribution in [3.8, 4) is 0 Å². The van der Waals surface area contributed by atoms with Gasteiger partial charge < -0.3 is 0 Å². The molecule has 2 N–H and O–H groups in total. The first-order chi connectivity index (χ1) is 13.2. The Morgan fingerprint density at radius 3 is 1.93 bits per heavy atom. The Morgan fingerprint density at radius 2 is 1.39 bits per heavy atom. The van der Waals surface area contributed by atoms with Gasteiger partial charge in [0.25, 0.3) is 11.8 Å². The van der Waals surface area contributed by atoms with Crippen LogP contribution in [0.5, 0.6) is 0 Å². The molecule has 0 fully saturated rings. The van der Waals surface area contributed by atoms with Crippen molar-refractivity contribution in [3.63, 3.8) is 0 Å². The lowest BCUT2D eigenvalue weighted by atomic mass is 10.1. The maximum Gasteiger partial charge on any atom is 0.269 e. The van der Waals surface area contributed by atoms with Gasteiger partial charge in [0.2, 0.25) is 10.0 Å². The van der Waals surface area contributed by atoms with Crippen LogP contribution in [0.15, 0.2) is 47.4 Å². The molecule has 0 saturated carbocycles. The van der Waals surface area contributed by atoms with E-state index in [4.69, 9.17) is 0 Å². The molecule has 0 radical (unpaired) electrons. The smallest absolute Gasteiger partial charge is 0.267 e. The number of nitrogens with zero attached hydrogens (tertiary/aromatic N) is 1. The third kappa shape index (κ3) is 4.96. The van der Waals surface area contributed by atoms with Crippen LogP contribution in [0.3, 0.4) is 0 Å². The third-order valence-electron chi connectivity index (χ3n) is 4.21. The van der Waals surface area contributed by atoms with Crippen LogP contribution in [-0.2, 0) is 10.0 Å². The van der Waals surface area contributed by atoms with Gasteiger partial charge in [-0.3, -0.25) is 20.4 Å². The maximum absolute atomic E-state index is 12.6. The number of aryl methyl sites for hydroxylation is 2. The average molecular weight is 404 g/mol. The van der Waals surface area contributed by atoms with E-state index in [1.54, 1.807) is 26.0 Å². The molecule has 0 aliphatic rings. The molecule has 8 heteroatoms.